The SMILES string of the molecule is O=C(Nc1cccc2cccnc12)c1cc2c(o1)CCCC2=O. The van der Waals surface area contributed by atoms with Gasteiger partial charge in [-0.25, -0.2) is 0 Å². The van der Waals surface area contributed by atoms with E-state index in [1.54, 1.807) is 18.3 Å². The van der Waals surface area contributed by atoms with Crippen LogP contribution in [0.4, 0.5) is 5.69 Å². The van der Waals surface area contributed by atoms with Crippen LogP contribution in [0.15, 0.2) is 47.0 Å². The average Bonchev–Trinajstić information content (AvgIpc) is 3.01. The van der Waals surface area contributed by atoms with Crippen molar-refractivity contribution in [3.05, 3.63) is 59.7 Å². The molecule has 0 atom stereocenters. The van der Waals surface area contributed by atoms with Gasteiger partial charge in [0.15, 0.2) is 11.5 Å². The summed E-state index contributed by atoms with van der Waals surface area (Å²) in [5.41, 5.74) is 1.88. The van der Waals surface area contributed by atoms with E-state index < -0.39 is 0 Å². The van der Waals surface area contributed by atoms with Crippen LogP contribution in [0.1, 0.15) is 39.5 Å². The van der Waals surface area contributed by atoms with Gasteiger partial charge in [0.1, 0.15) is 5.76 Å². The number of aromatic nitrogens is 1. The molecule has 0 unspecified atom stereocenters. The number of furan rings is 1. The Kier molecular flexibility index (Phi) is 3.19. The van der Waals surface area contributed by atoms with Gasteiger partial charge in [0.25, 0.3) is 5.91 Å². The van der Waals surface area contributed by atoms with Gasteiger partial charge in [0, 0.05) is 30.5 Å². The van der Waals surface area contributed by atoms with Crippen molar-refractivity contribution in [2.45, 2.75) is 19.3 Å². The van der Waals surface area contributed by atoms with Gasteiger partial charge in [-0.3, -0.25) is 14.6 Å². The number of nitrogens with one attached hydrogen (secondary N) is 1. The van der Waals surface area contributed by atoms with Crippen molar-refractivity contribution in [1.29, 1.82) is 0 Å². The third kappa shape index (κ3) is 2.40. The van der Waals surface area contributed by atoms with Crippen molar-refractivity contribution in [2.75, 3.05) is 5.32 Å². The Hall–Kier alpha value is -2.95. The molecular formula is C18H14N2O3. The minimum Gasteiger partial charge on any atom is -0.455 e. The molecule has 5 heteroatoms. The maximum atomic E-state index is 12.4. The van der Waals surface area contributed by atoms with Gasteiger partial charge in [-0.2, -0.15) is 0 Å². The van der Waals surface area contributed by atoms with Gasteiger partial charge < -0.3 is 9.73 Å². The molecule has 1 aliphatic carbocycles. The van der Waals surface area contributed by atoms with Crippen LogP contribution < -0.4 is 5.32 Å². The molecule has 1 aliphatic rings. The molecule has 1 amide bonds. The van der Waals surface area contributed by atoms with Crippen molar-refractivity contribution in [2.24, 2.45) is 0 Å². The van der Waals surface area contributed by atoms with E-state index in [1.165, 1.54) is 0 Å². The van der Waals surface area contributed by atoms with Crippen LogP contribution in [0, 0.1) is 0 Å². The first-order chi connectivity index (χ1) is 11.2. The zero-order valence-corrected chi connectivity index (χ0v) is 12.3. The van der Waals surface area contributed by atoms with E-state index in [1.807, 2.05) is 24.3 Å². The van der Waals surface area contributed by atoms with Gasteiger partial charge >= 0.3 is 0 Å². The number of anilines is 1. The molecule has 4 rings (SSSR count). The first kappa shape index (κ1) is 13.7. The second-order valence-corrected chi connectivity index (χ2v) is 5.56. The van der Waals surface area contributed by atoms with Crippen molar-refractivity contribution >= 4 is 28.3 Å². The number of amides is 1. The molecule has 0 saturated carbocycles. The van der Waals surface area contributed by atoms with Crippen LogP contribution in [0.5, 0.6) is 0 Å². The number of nitrogens with zero attached hydrogens (tertiary/aromatic N) is 1. The molecule has 3 aromatic rings. The zero-order chi connectivity index (χ0) is 15.8. The van der Waals surface area contributed by atoms with Crippen molar-refractivity contribution < 1.29 is 14.0 Å². The standard InChI is InChI=1S/C18H14N2O3/c21-14-7-2-8-15-12(14)10-16(23-15)18(22)20-13-6-1-4-11-5-3-9-19-17(11)13/h1,3-6,9-10H,2,7-8H2,(H,20,22). The summed E-state index contributed by atoms with van der Waals surface area (Å²) in [6.07, 6.45) is 3.67. The number of rotatable bonds is 2. The summed E-state index contributed by atoms with van der Waals surface area (Å²) >= 11 is 0. The summed E-state index contributed by atoms with van der Waals surface area (Å²) in [5.74, 6) is 0.451. The number of hydrogen-bond donors (Lipinski definition) is 1. The van der Waals surface area contributed by atoms with Crippen molar-refractivity contribution in [1.82, 2.24) is 4.98 Å². The predicted molar refractivity (Wildman–Crippen MR) is 85.7 cm³/mol. The molecule has 0 spiro atoms. The monoisotopic (exact) mass is 306 g/mol. The van der Waals surface area contributed by atoms with Gasteiger partial charge in [-0.05, 0) is 18.6 Å². The van der Waals surface area contributed by atoms with Crippen LogP contribution in [-0.2, 0) is 6.42 Å². The third-order valence-electron chi connectivity index (χ3n) is 4.02. The number of carbonyl (C=O) groups excluding carboxylic acids is 2. The number of Topliss-reactive ketones (excluding diaryl/α,β-unsaturated/α-hetero) is 1. The Balaban J connectivity index is 1.66. The molecule has 114 valence electrons. The number of benzene rings is 1. The lowest BCUT2D eigenvalue weighted by atomic mass is 9.97. The molecule has 2 heterocycles. The topological polar surface area (TPSA) is 72.2 Å². The predicted octanol–water partition coefficient (Wildman–Crippen LogP) is 3.60. The zero-order valence-electron chi connectivity index (χ0n) is 12.3. The molecule has 0 aliphatic heterocycles. The fourth-order valence-corrected chi connectivity index (χ4v) is 2.90. The van der Waals surface area contributed by atoms with Gasteiger partial charge in [0.05, 0.1) is 16.8 Å². The summed E-state index contributed by atoms with van der Waals surface area (Å²) < 4.78 is 5.57. The molecule has 0 fully saturated rings. The maximum absolute atomic E-state index is 12.4. The van der Waals surface area contributed by atoms with Crippen LogP contribution in [0.25, 0.3) is 10.9 Å². The highest BCUT2D eigenvalue weighted by atomic mass is 16.4. The normalized spacial score (nSPS) is 13.8. The van der Waals surface area contributed by atoms with E-state index in [-0.39, 0.29) is 17.5 Å². The number of carbonyl (C=O) groups is 2. The Morgan fingerprint density at radius 2 is 2.04 bits per heavy atom. The van der Waals surface area contributed by atoms with Gasteiger partial charge in [0.2, 0.25) is 0 Å². The van der Waals surface area contributed by atoms with E-state index in [4.69, 9.17) is 4.42 Å². The molecule has 23 heavy (non-hydrogen) atoms. The molecule has 0 bridgehead atoms. The Labute approximate surface area is 132 Å². The number of aryl methyl sites for hydroxylation is 1. The second kappa shape index (κ2) is 5.35. The van der Waals surface area contributed by atoms with Crippen LogP contribution >= 0.6 is 0 Å². The molecule has 1 aromatic carbocycles. The lowest BCUT2D eigenvalue weighted by Crippen LogP contribution is -2.11. The largest absolute Gasteiger partial charge is 0.455 e. The summed E-state index contributed by atoms with van der Waals surface area (Å²) in [6.45, 7) is 0. The quantitative estimate of drug-likeness (QED) is 0.785. The van der Waals surface area contributed by atoms with E-state index >= 15 is 0 Å². The third-order valence-corrected chi connectivity index (χ3v) is 4.02. The average molecular weight is 306 g/mol. The molecule has 5 nitrogen and oxygen atoms in total. The molecule has 2 aromatic heterocycles. The number of fused-ring (bicyclic) bond motifs is 2. The molecule has 0 radical (unpaired) electrons. The van der Waals surface area contributed by atoms with E-state index in [0.717, 1.165) is 17.3 Å². The van der Waals surface area contributed by atoms with Crippen LogP contribution in [0.3, 0.4) is 0 Å². The lowest BCUT2D eigenvalue weighted by Gasteiger charge is -2.07. The fourth-order valence-electron chi connectivity index (χ4n) is 2.90. The van der Waals surface area contributed by atoms with E-state index in [2.05, 4.69) is 10.3 Å². The van der Waals surface area contributed by atoms with Gasteiger partial charge in [-0.1, -0.05) is 18.2 Å². The number of pyridine rings is 1. The highest BCUT2D eigenvalue weighted by Crippen LogP contribution is 2.26. The number of hydrogen-bond acceptors (Lipinski definition) is 4. The van der Waals surface area contributed by atoms with Crippen molar-refractivity contribution in [3.8, 4) is 0 Å². The summed E-state index contributed by atoms with van der Waals surface area (Å²) in [5, 5.41) is 3.76. The lowest BCUT2D eigenvalue weighted by molar-refractivity contribution is 0.0963. The molecular weight excluding hydrogens is 292 g/mol. The minimum absolute atomic E-state index is 0.0425. The Morgan fingerprint density at radius 1 is 1.17 bits per heavy atom. The summed E-state index contributed by atoms with van der Waals surface area (Å²) in [7, 11) is 0. The highest BCUT2D eigenvalue weighted by Gasteiger charge is 2.24. The number of ketones is 1. The molecule has 0 saturated heterocycles. The van der Waals surface area contributed by atoms with Gasteiger partial charge in [-0.15, -0.1) is 0 Å². The molecule has 1 N–H and O–H groups in total. The van der Waals surface area contributed by atoms with E-state index in [0.29, 0.717) is 29.9 Å². The number of para-hydroxylation sites is 1. The Bertz CT molecular complexity index is 922. The first-order valence-corrected chi connectivity index (χ1v) is 7.53. The van der Waals surface area contributed by atoms with Crippen LogP contribution in [-0.4, -0.2) is 16.7 Å². The maximum Gasteiger partial charge on any atom is 0.291 e. The summed E-state index contributed by atoms with van der Waals surface area (Å²) in [6, 6.07) is 10.9. The first-order valence-electron chi connectivity index (χ1n) is 7.53. The Morgan fingerprint density at radius 3 is 2.91 bits per heavy atom. The van der Waals surface area contributed by atoms with Crippen LogP contribution in [0.2, 0.25) is 0 Å². The fraction of sp³-hybridized carbons (Fsp3) is 0.167. The highest BCUT2D eigenvalue weighted by molar-refractivity contribution is 6.08. The minimum atomic E-state index is -0.370. The second-order valence-electron chi connectivity index (χ2n) is 5.56. The smallest absolute Gasteiger partial charge is 0.291 e. The summed E-state index contributed by atoms with van der Waals surface area (Å²) in [4.78, 5) is 28.6. The van der Waals surface area contributed by atoms with Crippen molar-refractivity contribution in [3.63, 3.8) is 0 Å². The van der Waals surface area contributed by atoms with E-state index in [9.17, 15) is 9.59 Å².